The van der Waals surface area contributed by atoms with Crippen molar-refractivity contribution in [3.8, 4) is 0 Å². The average Bonchev–Trinajstić information content (AvgIpc) is 2.39. The summed E-state index contributed by atoms with van der Waals surface area (Å²) in [5.74, 6) is 0.289. The normalized spacial score (nSPS) is 10.1. The zero-order chi connectivity index (χ0) is 12.8. The lowest BCUT2D eigenvalue weighted by atomic mass is 10.0. The van der Waals surface area contributed by atoms with Gasteiger partial charge in [0.25, 0.3) is 0 Å². The Bertz CT molecular complexity index is 526. The van der Waals surface area contributed by atoms with Crippen LogP contribution in [0.15, 0.2) is 42.7 Å². The van der Waals surface area contributed by atoms with Gasteiger partial charge in [0.05, 0.1) is 0 Å². The molecule has 1 heterocycles. The fraction of sp³-hybridized carbons (Fsp3) is 0.214. The number of benzene rings is 1. The van der Waals surface area contributed by atoms with Crippen LogP contribution in [0.25, 0.3) is 0 Å². The summed E-state index contributed by atoms with van der Waals surface area (Å²) >= 11 is 0. The molecule has 0 spiro atoms. The van der Waals surface area contributed by atoms with Gasteiger partial charge in [0, 0.05) is 18.8 Å². The standard InChI is InChI=1S/C14H15N3O/c1-11-5-2-3-6-12(11)7-8-13(18)17-14-15-9-4-10-16-14/h2-6,9-10H,7-8H2,1H3,(H,15,16,17,18). The number of hydrogen-bond acceptors (Lipinski definition) is 3. The third-order valence-electron chi connectivity index (χ3n) is 2.70. The van der Waals surface area contributed by atoms with E-state index in [1.807, 2.05) is 31.2 Å². The van der Waals surface area contributed by atoms with Crippen LogP contribution in [0.1, 0.15) is 17.5 Å². The summed E-state index contributed by atoms with van der Waals surface area (Å²) in [4.78, 5) is 19.6. The molecule has 1 N–H and O–H groups in total. The van der Waals surface area contributed by atoms with Crippen molar-refractivity contribution >= 4 is 11.9 Å². The average molecular weight is 241 g/mol. The minimum absolute atomic E-state index is 0.0653. The molecule has 0 saturated heterocycles. The summed E-state index contributed by atoms with van der Waals surface area (Å²) < 4.78 is 0. The Morgan fingerprint density at radius 3 is 2.61 bits per heavy atom. The number of aromatic nitrogens is 2. The monoisotopic (exact) mass is 241 g/mol. The number of aryl methyl sites for hydroxylation is 2. The number of nitrogens with zero attached hydrogens (tertiary/aromatic N) is 2. The van der Waals surface area contributed by atoms with Crippen LogP contribution in [0, 0.1) is 6.92 Å². The van der Waals surface area contributed by atoms with Crippen molar-refractivity contribution in [2.75, 3.05) is 5.32 Å². The Morgan fingerprint density at radius 1 is 1.17 bits per heavy atom. The van der Waals surface area contributed by atoms with E-state index in [4.69, 9.17) is 0 Å². The highest BCUT2D eigenvalue weighted by Gasteiger charge is 2.05. The summed E-state index contributed by atoms with van der Waals surface area (Å²) in [6.45, 7) is 2.05. The molecule has 0 aliphatic carbocycles. The van der Waals surface area contributed by atoms with Crippen LogP contribution in [-0.4, -0.2) is 15.9 Å². The van der Waals surface area contributed by atoms with Crippen molar-refractivity contribution in [3.63, 3.8) is 0 Å². The Labute approximate surface area is 106 Å². The van der Waals surface area contributed by atoms with Gasteiger partial charge < -0.3 is 0 Å². The molecule has 2 aromatic rings. The lowest BCUT2D eigenvalue weighted by molar-refractivity contribution is -0.116. The van der Waals surface area contributed by atoms with E-state index in [2.05, 4.69) is 15.3 Å². The summed E-state index contributed by atoms with van der Waals surface area (Å²) in [6.07, 6.45) is 4.36. The molecule has 92 valence electrons. The maximum Gasteiger partial charge on any atom is 0.229 e. The van der Waals surface area contributed by atoms with Gasteiger partial charge in [-0.05, 0) is 30.5 Å². The molecule has 0 unspecified atom stereocenters. The Balaban J connectivity index is 1.88. The zero-order valence-corrected chi connectivity index (χ0v) is 10.3. The van der Waals surface area contributed by atoms with Crippen LogP contribution in [0.3, 0.4) is 0 Å². The lowest BCUT2D eigenvalue weighted by Gasteiger charge is -2.05. The molecule has 0 bridgehead atoms. The summed E-state index contributed by atoms with van der Waals surface area (Å²) in [5, 5.41) is 2.67. The van der Waals surface area contributed by atoms with Crippen LogP contribution < -0.4 is 5.32 Å². The van der Waals surface area contributed by atoms with Gasteiger partial charge >= 0.3 is 0 Å². The number of carbonyl (C=O) groups is 1. The van der Waals surface area contributed by atoms with Crippen LogP contribution in [0.5, 0.6) is 0 Å². The predicted molar refractivity (Wildman–Crippen MR) is 70.2 cm³/mol. The molecule has 1 aromatic carbocycles. The minimum atomic E-state index is -0.0653. The van der Waals surface area contributed by atoms with Crippen molar-refractivity contribution in [1.82, 2.24) is 9.97 Å². The molecule has 0 aliphatic rings. The molecule has 0 radical (unpaired) electrons. The molecular formula is C14H15N3O. The Morgan fingerprint density at radius 2 is 1.89 bits per heavy atom. The number of nitrogens with one attached hydrogen (secondary N) is 1. The van der Waals surface area contributed by atoms with Crippen LogP contribution in [0.4, 0.5) is 5.95 Å². The second kappa shape index (κ2) is 5.91. The molecule has 18 heavy (non-hydrogen) atoms. The topological polar surface area (TPSA) is 54.9 Å². The van der Waals surface area contributed by atoms with Crippen LogP contribution >= 0.6 is 0 Å². The number of anilines is 1. The highest BCUT2D eigenvalue weighted by Crippen LogP contribution is 2.09. The van der Waals surface area contributed by atoms with Gasteiger partial charge in [0.1, 0.15) is 0 Å². The molecule has 0 fully saturated rings. The van der Waals surface area contributed by atoms with Crippen molar-refractivity contribution in [2.24, 2.45) is 0 Å². The van der Waals surface area contributed by atoms with E-state index in [0.29, 0.717) is 12.4 Å². The summed E-state index contributed by atoms with van der Waals surface area (Å²) in [5.41, 5.74) is 2.41. The third-order valence-corrected chi connectivity index (χ3v) is 2.70. The van der Waals surface area contributed by atoms with E-state index >= 15 is 0 Å². The summed E-state index contributed by atoms with van der Waals surface area (Å²) in [7, 11) is 0. The quantitative estimate of drug-likeness (QED) is 0.894. The van der Waals surface area contributed by atoms with E-state index < -0.39 is 0 Å². The SMILES string of the molecule is Cc1ccccc1CCC(=O)Nc1ncccn1. The van der Waals surface area contributed by atoms with E-state index in [1.54, 1.807) is 18.5 Å². The highest BCUT2D eigenvalue weighted by atomic mass is 16.1. The van der Waals surface area contributed by atoms with Gasteiger partial charge in [-0.25, -0.2) is 9.97 Å². The molecule has 0 saturated carbocycles. The maximum absolute atomic E-state index is 11.7. The van der Waals surface area contributed by atoms with E-state index in [0.717, 1.165) is 6.42 Å². The lowest BCUT2D eigenvalue weighted by Crippen LogP contribution is -2.14. The second-order valence-corrected chi connectivity index (χ2v) is 4.05. The predicted octanol–water partition coefficient (Wildman–Crippen LogP) is 2.36. The second-order valence-electron chi connectivity index (χ2n) is 4.05. The first-order valence-electron chi connectivity index (χ1n) is 5.87. The number of amides is 1. The van der Waals surface area contributed by atoms with Gasteiger partial charge in [-0.3, -0.25) is 10.1 Å². The molecule has 0 aliphatic heterocycles. The third kappa shape index (κ3) is 3.38. The van der Waals surface area contributed by atoms with E-state index in [9.17, 15) is 4.79 Å². The first-order valence-corrected chi connectivity index (χ1v) is 5.87. The van der Waals surface area contributed by atoms with Crippen molar-refractivity contribution < 1.29 is 4.79 Å². The number of hydrogen-bond donors (Lipinski definition) is 1. The van der Waals surface area contributed by atoms with Crippen LogP contribution in [-0.2, 0) is 11.2 Å². The molecule has 4 nitrogen and oxygen atoms in total. The van der Waals surface area contributed by atoms with Gasteiger partial charge in [-0.2, -0.15) is 0 Å². The Hall–Kier alpha value is -2.23. The minimum Gasteiger partial charge on any atom is -0.295 e. The van der Waals surface area contributed by atoms with Crippen LogP contribution in [0.2, 0.25) is 0 Å². The van der Waals surface area contributed by atoms with E-state index in [-0.39, 0.29) is 5.91 Å². The molecule has 0 atom stereocenters. The van der Waals surface area contributed by atoms with Gasteiger partial charge in [0.2, 0.25) is 11.9 Å². The fourth-order valence-electron chi connectivity index (χ4n) is 1.69. The van der Waals surface area contributed by atoms with Gasteiger partial charge in [-0.15, -0.1) is 0 Å². The summed E-state index contributed by atoms with van der Waals surface area (Å²) in [6, 6.07) is 9.79. The smallest absolute Gasteiger partial charge is 0.229 e. The molecular weight excluding hydrogens is 226 g/mol. The molecule has 4 heteroatoms. The largest absolute Gasteiger partial charge is 0.295 e. The molecule has 1 aromatic heterocycles. The molecule has 2 rings (SSSR count). The van der Waals surface area contributed by atoms with Crippen molar-refractivity contribution in [1.29, 1.82) is 0 Å². The highest BCUT2D eigenvalue weighted by molar-refractivity contribution is 5.88. The fourth-order valence-corrected chi connectivity index (χ4v) is 1.69. The maximum atomic E-state index is 11.7. The van der Waals surface area contributed by atoms with Gasteiger partial charge in [-0.1, -0.05) is 24.3 Å². The van der Waals surface area contributed by atoms with Crippen molar-refractivity contribution in [3.05, 3.63) is 53.9 Å². The number of carbonyl (C=O) groups excluding carboxylic acids is 1. The first-order chi connectivity index (χ1) is 8.75. The van der Waals surface area contributed by atoms with Crippen molar-refractivity contribution in [2.45, 2.75) is 19.8 Å². The van der Waals surface area contributed by atoms with E-state index in [1.165, 1.54) is 11.1 Å². The zero-order valence-electron chi connectivity index (χ0n) is 10.3. The number of rotatable bonds is 4. The van der Waals surface area contributed by atoms with Gasteiger partial charge in [0.15, 0.2) is 0 Å². The first kappa shape index (κ1) is 12.2. The Kier molecular flexibility index (Phi) is 4.02. The molecule has 1 amide bonds.